The third-order valence-electron chi connectivity index (χ3n) is 5.28. The van der Waals surface area contributed by atoms with Crippen LogP contribution in [0.3, 0.4) is 0 Å². The van der Waals surface area contributed by atoms with Crippen LogP contribution in [0.1, 0.15) is 45.6 Å². The SMILES string of the molecule is CC(C)(C)OCNCC(=O)N1CCC(CN)(CCc2ccccc2)CC1. The summed E-state index contributed by atoms with van der Waals surface area (Å²) in [5.41, 5.74) is 7.46. The molecule has 1 aromatic carbocycles. The average Bonchev–Trinajstić information content (AvgIpc) is 2.64. The molecule has 1 heterocycles. The Labute approximate surface area is 158 Å². The minimum Gasteiger partial charge on any atom is -0.361 e. The molecular weight excluding hydrogens is 326 g/mol. The normalized spacial score (nSPS) is 17.3. The van der Waals surface area contributed by atoms with Crippen molar-refractivity contribution in [2.45, 2.75) is 52.1 Å². The molecular formula is C21H35N3O2. The summed E-state index contributed by atoms with van der Waals surface area (Å²) in [7, 11) is 0. The van der Waals surface area contributed by atoms with Gasteiger partial charge in [0.15, 0.2) is 0 Å². The second-order valence-corrected chi connectivity index (χ2v) is 8.40. The van der Waals surface area contributed by atoms with Crippen LogP contribution >= 0.6 is 0 Å². The summed E-state index contributed by atoms with van der Waals surface area (Å²) in [5.74, 6) is 0.149. The lowest BCUT2D eigenvalue weighted by Gasteiger charge is -2.41. The van der Waals surface area contributed by atoms with Gasteiger partial charge in [0.1, 0.15) is 0 Å². The molecule has 0 saturated carbocycles. The van der Waals surface area contributed by atoms with Crippen molar-refractivity contribution in [3.05, 3.63) is 35.9 Å². The van der Waals surface area contributed by atoms with Crippen molar-refractivity contribution in [2.24, 2.45) is 11.1 Å². The first-order valence-corrected chi connectivity index (χ1v) is 9.70. The Balaban J connectivity index is 1.74. The van der Waals surface area contributed by atoms with Gasteiger partial charge in [0.05, 0.1) is 18.9 Å². The van der Waals surface area contributed by atoms with Crippen LogP contribution in [-0.4, -0.2) is 49.3 Å². The molecule has 0 spiro atoms. The van der Waals surface area contributed by atoms with E-state index in [1.165, 1.54) is 5.56 Å². The largest absolute Gasteiger partial charge is 0.361 e. The Kier molecular flexibility index (Phi) is 7.62. The zero-order valence-corrected chi connectivity index (χ0v) is 16.6. The van der Waals surface area contributed by atoms with Gasteiger partial charge in [-0.15, -0.1) is 0 Å². The van der Waals surface area contributed by atoms with E-state index in [9.17, 15) is 4.79 Å². The van der Waals surface area contributed by atoms with E-state index >= 15 is 0 Å². The van der Waals surface area contributed by atoms with Crippen LogP contribution < -0.4 is 11.1 Å². The third-order valence-corrected chi connectivity index (χ3v) is 5.28. The molecule has 0 bridgehead atoms. The molecule has 1 saturated heterocycles. The molecule has 0 aliphatic carbocycles. The van der Waals surface area contributed by atoms with Gasteiger partial charge in [-0.25, -0.2) is 0 Å². The van der Waals surface area contributed by atoms with Gasteiger partial charge in [-0.2, -0.15) is 0 Å². The fourth-order valence-corrected chi connectivity index (χ4v) is 3.38. The lowest BCUT2D eigenvalue weighted by atomic mass is 9.74. The van der Waals surface area contributed by atoms with Crippen LogP contribution in [0.25, 0.3) is 0 Å². The van der Waals surface area contributed by atoms with E-state index in [1.807, 2.05) is 31.7 Å². The second kappa shape index (κ2) is 9.49. The highest BCUT2D eigenvalue weighted by atomic mass is 16.5. The molecule has 1 aliphatic rings. The van der Waals surface area contributed by atoms with Crippen molar-refractivity contribution in [1.82, 2.24) is 10.2 Å². The fourth-order valence-electron chi connectivity index (χ4n) is 3.38. The van der Waals surface area contributed by atoms with Crippen molar-refractivity contribution in [2.75, 3.05) is 32.9 Å². The van der Waals surface area contributed by atoms with Crippen molar-refractivity contribution < 1.29 is 9.53 Å². The molecule has 1 aromatic rings. The number of carbonyl (C=O) groups is 1. The van der Waals surface area contributed by atoms with Gasteiger partial charge in [0.25, 0.3) is 0 Å². The molecule has 5 heteroatoms. The van der Waals surface area contributed by atoms with Crippen LogP contribution in [0.5, 0.6) is 0 Å². The van der Waals surface area contributed by atoms with E-state index in [0.29, 0.717) is 19.8 Å². The summed E-state index contributed by atoms with van der Waals surface area (Å²) < 4.78 is 5.59. The molecule has 146 valence electrons. The van der Waals surface area contributed by atoms with Crippen LogP contribution in [-0.2, 0) is 16.0 Å². The Morgan fingerprint density at radius 2 is 1.88 bits per heavy atom. The van der Waals surface area contributed by atoms with Crippen LogP contribution in [0.2, 0.25) is 0 Å². The summed E-state index contributed by atoms with van der Waals surface area (Å²) in [4.78, 5) is 14.3. The molecule has 3 N–H and O–H groups in total. The highest BCUT2D eigenvalue weighted by Crippen LogP contribution is 2.35. The molecule has 26 heavy (non-hydrogen) atoms. The number of hydrogen-bond donors (Lipinski definition) is 2. The van der Waals surface area contributed by atoms with Gasteiger partial charge < -0.3 is 15.4 Å². The maximum atomic E-state index is 12.4. The van der Waals surface area contributed by atoms with E-state index in [2.05, 4.69) is 29.6 Å². The molecule has 0 atom stereocenters. The summed E-state index contributed by atoms with van der Waals surface area (Å²) in [6, 6.07) is 10.6. The topological polar surface area (TPSA) is 67.6 Å². The first-order chi connectivity index (χ1) is 12.3. The molecule has 1 fully saturated rings. The number of ether oxygens (including phenoxy) is 1. The number of amides is 1. The van der Waals surface area contributed by atoms with Crippen LogP contribution in [0.4, 0.5) is 0 Å². The predicted octanol–water partition coefficient (Wildman–Crippen LogP) is 2.55. The van der Waals surface area contributed by atoms with Crippen molar-refractivity contribution >= 4 is 5.91 Å². The minimum atomic E-state index is -0.194. The zero-order valence-electron chi connectivity index (χ0n) is 16.6. The van der Waals surface area contributed by atoms with Gasteiger partial charge in [-0.05, 0) is 64.0 Å². The Hall–Kier alpha value is -1.43. The molecule has 0 unspecified atom stereocenters. The number of aryl methyl sites for hydroxylation is 1. The molecule has 1 amide bonds. The Morgan fingerprint density at radius 3 is 2.46 bits per heavy atom. The fraction of sp³-hybridized carbons (Fsp3) is 0.667. The molecule has 0 radical (unpaired) electrons. The van der Waals surface area contributed by atoms with Crippen molar-refractivity contribution in [3.63, 3.8) is 0 Å². The highest BCUT2D eigenvalue weighted by Gasteiger charge is 2.34. The van der Waals surface area contributed by atoms with E-state index in [0.717, 1.165) is 38.8 Å². The molecule has 0 aromatic heterocycles. The summed E-state index contributed by atoms with van der Waals surface area (Å²) in [6.07, 6.45) is 4.12. The first-order valence-electron chi connectivity index (χ1n) is 9.70. The van der Waals surface area contributed by atoms with Gasteiger partial charge >= 0.3 is 0 Å². The summed E-state index contributed by atoms with van der Waals surface area (Å²) >= 11 is 0. The number of carbonyl (C=O) groups excluding carboxylic acids is 1. The van der Waals surface area contributed by atoms with E-state index in [-0.39, 0.29) is 16.9 Å². The van der Waals surface area contributed by atoms with Crippen molar-refractivity contribution in [1.29, 1.82) is 0 Å². The molecule has 5 nitrogen and oxygen atoms in total. The van der Waals surface area contributed by atoms with Crippen LogP contribution in [0, 0.1) is 5.41 Å². The second-order valence-electron chi connectivity index (χ2n) is 8.40. The Morgan fingerprint density at radius 1 is 1.23 bits per heavy atom. The maximum Gasteiger partial charge on any atom is 0.236 e. The quantitative estimate of drug-likeness (QED) is 0.552. The van der Waals surface area contributed by atoms with E-state index in [1.54, 1.807) is 0 Å². The van der Waals surface area contributed by atoms with E-state index in [4.69, 9.17) is 10.5 Å². The number of nitrogens with two attached hydrogens (primary N) is 1. The average molecular weight is 362 g/mol. The molecule has 2 rings (SSSR count). The highest BCUT2D eigenvalue weighted by molar-refractivity contribution is 5.78. The van der Waals surface area contributed by atoms with Gasteiger partial charge in [-0.1, -0.05) is 30.3 Å². The monoisotopic (exact) mass is 361 g/mol. The number of hydrogen-bond acceptors (Lipinski definition) is 4. The number of nitrogens with zero attached hydrogens (tertiary/aromatic N) is 1. The lowest BCUT2D eigenvalue weighted by Crippen LogP contribution is -2.48. The lowest BCUT2D eigenvalue weighted by molar-refractivity contribution is -0.133. The first kappa shape index (κ1) is 20.9. The van der Waals surface area contributed by atoms with Gasteiger partial charge in [0.2, 0.25) is 5.91 Å². The minimum absolute atomic E-state index is 0.149. The number of piperidine rings is 1. The molecule has 1 aliphatic heterocycles. The number of rotatable bonds is 8. The third kappa shape index (κ3) is 6.71. The zero-order chi connectivity index (χ0) is 19.0. The Bertz CT molecular complexity index is 546. The predicted molar refractivity (Wildman–Crippen MR) is 106 cm³/mol. The standard InChI is InChI=1S/C21H35N3O2/c1-20(2,3)26-17-23-15-19(25)24-13-11-21(16-22,12-14-24)10-9-18-7-5-4-6-8-18/h4-8,23H,9-17,22H2,1-3H3. The van der Waals surface area contributed by atoms with Crippen LogP contribution in [0.15, 0.2) is 30.3 Å². The van der Waals surface area contributed by atoms with E-state index < -0.39 is 0 Å². The van der Waals surface area contributed by atoms with Gasteiger partial charge in [0, 0.05) is 13.1 Å². The number of nitrogens with one attached hydrogen (secondary N) is 1. The maximum absolute atomic E-state index is 12.4. The number of benzene rings is 1. The number of likely N-dealkylation sites (tertiary alicyclic amines) is 1. The van der Waals surface area contributed by atoms with Crippen molar-refractivity contribution in [3.8, 4) is 0 Å². The van der Waals surface area contributed by atoms with Gasteiger partial charge in [-0.3, -0.25) is 10.1 Å². The smallest absolute Gasteiger partial charge is 0.236 e. The summed E-state index contributed by atoms with van der Waals surface area (Å²) in [5, 5.41) is 3.08. The summed E-state index contributed by atoms with van der Waals surface area (Å²) in [6.45, 7) is 9.02.